The summed E-state index contributed by atoms with van der Waals surface area (Å²) in [5, 5.41) is 12.4. The molecule has 2 rings (SSSR count). The third kappa shape index (κ3) is 3.85. The number of carboxylic acid groups (broad SMARTS) is 1. The Bertz CT molecular complexity index is 579. The normalized spacial score (nSPS) is 10.2. The highest BCUT2D eigenvalue weighted by Gasteiger charge is 2.09. The summed E-state index contributed by atoms with van der Waals surface area (Å²) in [7, 11) is 0. The van der Waals surface area contributed by atoms with Gasteiger partial charge in [0, 0.05) is 12.2 Å². The van der Waals surface area contributed by atoms with Crippen LogP contribution in [0.1, 0.15) is 27.9 Å². The Morgan fingerprint density at radius 1 is 1.15 bits per heavy atom. The van der Waals surface area contributed by atoms with Crippen LogP contribution in [-0.4, -0.2) is 17.6 Å². The van der Waals surface area contributed by atoms with Crippen LogP contribution in [0, 0.1) is 6.92 Å². The van der Waals surface area contributed by atoms with Crippen molar-refractivity contribution in [2.75, 3.05) is 11.9 Å². The van der Waals surface area contributed by atoms with E-state index in [0.29, 0.717) is 11.3 Å². The lowest BCUT2D eigenvalue weighted by Crippen LogP contribution is -2.08. The second-order valence-electron chi connectivity index (χ2n) is 4.87. The molecule has 0 aliphatic heterocycles. The Morgan fingerprint density at radius 2 is 1.90 bits per heavy atom. The standard InChI is InChI=1S/C17H19NO2/c1-13-9-10-15(17(19)20)16(12-13)18-11-5-8-14-6-3-2-4-7-14/h2-4,6-7,9-10,12,18H,5,8,11H2,1H3,(H,19,20). The van der Waals surface area contributed by atoms with Crippen molar-refractivity contribution in [3.63, 3.8) is 0 Å². The van der Waals surface area contributed by atoms with Crippen LogP contribution in [0.5, 0.6) is 0 Å². The van der Waals surface area contributed by atoms with Gasteiger partial charge in [-0.2, -0.15) is 0 Å². The smallest absolute Gasteiger partial charge is 0.337 e. The van der Waals surface area contributed by atoms with Gasteiger partial charge in [0.2, 0.25) is 0 Å². The van der Waals surface area contributed by atoms with Crippen LogP contribution in [0.2, 0.25) is 0 Å². The number of hydrogen-bond acceptors (Lipinski definition) is 2. The average molecular weight is 269 g/mol. The first-order valence-corrected chi connectivity index (χ1v) is 6.78. The molecule has 0 aliphatic rings. The van der Waals surface area contributed by atoms with Gasteiger partial charge in [0.05, 0.1) is 5.56 Å². The van der Waals surface area contributed by atoms with Crippen LogP contribution in [0.3, 0.4) is 0 Å². The van der Waals surface area contributed by atoms with Crippen molar-refractivity contribution in [2.45, 2.75) is 19.8 Å². The van der Waals surface area contributed by atoms with Gasteiger partial charge in [-0.3, -0.25) is 0 Å². The summed E-state index contributed by atoms with van der Waals surface area (Å²) < 4.78 is 0. The molecule has 0 heterocycles. The van der Waals surface area contributed by atoms with E-state index in [0.717, 1.165) is 24.9 Å². The third-order valence-electron chi connectivity index (χ3n) is 3.21. The number of anilines is 1. The van der Waals surface area contributed by atoms with E-state index >= 15 is 0 Å². The van der Waals surface area contributed by atoms with Gasteiger partial charge in [-0.15, -0.1) is 0 Å². The summed E-state index contributed by atoms with van der Waals surface area (Å²) in [6.07, 6.45) is 1.96. The van der Waals surface area contributed by atoms with Gasteiger partial charge in [0.15, 0.2) is 0 Å². The summed E-state index contributed by atoms with van der Waals surface area (Å²) in [6.45, 7) is 2.72. The molecule has 0 aromatic heterocycles. The minimum Gasteiger partial charge on any atom is -0.478 e. The molecule has 2 aromatic carbocycles. The number of aromatic carboxylic acids is 1. The fourth-order valence-corrected chi connectivity index (χ4v) is 2.15. The van der Waals surface area contributed by atoms with Crippen molar-refractivity contribution in [2.24, 2.45) is 0 Å². The highest BCUT2D eigenvalue weighted by molar-refractivity contribution is 5.94. The number of benzene rings is 2. The molecule has 0 unspecified atom stereocenters. The molecule has 20 heavy (non-hydrogen) atoms. The summed E-state index contributed by atoms with van der Waals surface area (Å²) in [5.41, 5.74) is 3.39. The minimum absolute atomic E-state index is 0.329. The van der Waals surface area contributed by atoms with E-state index in [1.807, 2.05) is 37.3 Å². The van der Waals surface area contributed by atoms with E-state index in [4.69, 9.17) is 5.11 Å². The van der Waals surface area contributed by atoms with Gasteiger partial charge in [-0.1, -0.05) is 36.4 Å². The van der Waals surface area contributed by atoms with Crippen LogP contribution in [-0.2, 0) is 6.42 Å². The summed E-state index contributed by atoms with van der Waals surface area (Å²) in [6, 6.07) is 15.6. The molecule has 3 nitrogen and oxygen atoms in total. The molecular weight excluding hydrogens is 250 g/mol. The van der Waals surface area contributed by atoms with Gasteiger partial charge in [-0.05, 0) is 43.0 Å². The molecule has 0 fully saturated rings. The first kappa shape index (κ1) is 14.1. The fourth-order valence-electron chi connectivity index (χ4n) is 2.15. The van der Waals surface area contributed by atoms with Crippen LogP contribution in [0.15, 0.2) is 48.5 Å². The van der Waals surface area contributed by atoms with Gasteiger partial charge in [0.1, 0.15) is 0 Å². The second-order valence-corrected chi connectivity index (χ2v) is 4.87. The van der Waals surface area contributed by atoms with Crippen molar-refractivity contribution in [3.8, 4) is 0 Å². The quantitative estimate of drug-likeness (QED) is 0.785. The first-order chi connectivity index (χ1) is 9.66. The maximum absolute atomic E-state index is 11.1. The predicted octanol–water partition coefficient (Wildman–Crippen LogP) is 3.74. The summed E-state index contributed by atoms with van der Waals surface area (Å²) >= 11 is 0. The van der Waals surface area contributed by atoms with E-state index in [1.165, 1.54) is 5.56 Å². The molecule has 0 radical (unpaired) electrons. The maximum atomic E-state index is 11.1. The molecule has 2 N–H and O–H groups in total. The number of hydrogen-bond donors (Lipinski definition) is 2. The van der Waals surface area contributed by atoms with Crippen LogP contribution in [0.4, 0.5) is 5.69 Å². The number of aryl methyl sites for hydroxylation is 2. The first-order valence-electron chi connectivity index (χ1n) is 6.78. The third-order valence-corrected chi connectivity index (χ3v) is 3.21. The number of carboxylic acids is 1. The second kappa shape index (κ2) is 6.75. The Hall–Kier alpha value is -2.29. The minimum atomic E-state index is -0.893. The molecule has 0 bridgehead atoms. The van der Waals surface area contributed by atoms with Crippen molar-refractivity contribution in [1.82, 2.24) is 0 Å². The molecule has 3 heteroatoms. The zero-order valence-electron chi connectivity index (χ0n) is 11.6. The molecule has 0 amide bonds. The number of nitrogens with one attached hydrogen (secondary N) is 1. The van der Waals surface area contributed by atoms with Crippen molar-refractivity contribution in [3.05, 3.63) is 65.2 Å². The highest BCUT2D eigenvalue weighted by atomic mass is 16.4. The predicted molar refractivity (Wildman–Crippen MR) is 81.4 cm³/mol. The highest BCUT2D eigenvalue weighted by Crippen LogP contribution is 2.17. The lowest BCUT2D eigenvalue weighted by atomic mass is 10.1. The molecular formula is C17H19NO2. The molecule has 2 aromatic rings. The van der Waals surface area contributed by atoms with Gasteiger partial charge >= 0.3 is 5.97 Å². The van der Waals surface area contributed by atoms with E-state index in [1.54, 1.807) is 6.07 Å². The SMILES string of the molecule is Cc1ccc(C(=O)O)c(NCCCc2ccccc2)c1. The zero-order valence-corrected chi connectivity index (χ0v) is 11.6. The van der Waals surface area contributed by atoms with Crippen molar-refractivity contribution in [1.29, 1.82) is 0 Å². The Balaban J connectivity index is 1.91. The summed E-state index contributed by atoms with van der Waals surface area (Å²) in [4.78, 5) is 11.1. The molecule has 0 saturated heterocycles. The molecule has 0 atom stereocenters. The van der Waals surface area contributed by atoms with Gasteiger partial charge in [0.25, 0.3) is 0 Å². The van der Waals surface area contributed by atoms with Crippen molar-refractivity contribution < 1.29 is 9.90 Å². The zero-order chi connectivity index (χ0) is 14.4. The monoisotopic (exact) mass is 269 g/mol. The Labute approximate surface area is 119 Å². The summed E-state index contributed by atoms with van der Waals surface area (Å²) in [5.74, 6) is -0.893. The maximum Gasteiger partial charge on any atom is 0.337 e. The van der Waals surface area contributed by atoms with Gasteiger partial charge in [-0.25, -0.2) is 4.79 Å². The largest absolute Gasteiger partial charge is 0.478 e. The van der Waals surface area contributed by atoms with E-state index < -0.39 is 5.97 Å². The number of carbonyl (C=O) groups is 1. The Kier molecular flexibility index (Phi) is 4.77. The van der Waals surface area contributed by atoms with Crippen molar-refractivity contribution >= 4 is 11.7 Å². The fraction of sp³-hybridized carbons (Fsp3) is 0.235. The average Bonchev–Trinajstić information content (AvgIpc) is 2.44. The number of rotatable bonds is 6. The molecule has 0 saturated carbocycles. The van der Waals surface area contributed by atoms with Crippen LogP contribution >= 0.6 is 0 Å². The van der Waals surface area contributed by atoms with E-state index in [9.17, 15) is 4.79 Å². The molecule has 104 valence electrons. The lowest BCUT2D eigenvalue weighted by Gasteiger charge is -2.10. The van der Waals surface area contributed by atoms with Crippen LogP contribution < -0.4 is 5.32 Å². The lowest BCUT2D eigenvalue weighted by molar-refractivity contribution is 0.0698. The topological polar surface area (TPSA) is 49.3 Å². The van der Waals surface area contributed by atoms with Crippen LogP contribution in [0.25, 0.3) is 0 Å². The van der Waals surface area contributed by atoms with Gasteiger partial charge < -0.3 is 10.4 Å². The van der Waals surface area contributed by atoms with E-state index in [-0.39, 0.29) is 0 Å². The Morgan fingerprint density at radius 3 is 2.60 bits per heavy atom. The molecule has 0 spiro atoms. The molecule has 0 aliphatic carbocycles. The van der Waals surface area contributed by atoms with E-state index in [2.05, 4.69) is 17.4 Å².